The van der Waals surface area contributed by atoms with Crippen molar-refractivity contribution in [1.29, 1.82) is 5.26 Å². The predicted octanol–water partition coefficient (Wildman–Crippen LogP) is -0.340. The number of aliphatic carboxylic acids is 1. The molecule has 0 aromatic heterocycles. The van der Waals surface area contributed by atoms with Crippen molar-refractivity contribution >= 4 is 34.8 Å². The molecule has 1 heterocycles. The van der Waals surface area contributed by atoms with Gasteiger partial charge in [0, 0.05) is 32.3 Å². The molecule has 0 bridgehead atoms. The lowest BCUT2D eigenvalue weighted by atomic mass is 10.2. The summed E-state index contributed by atoms with van der Waals surface area (Å²) in [6.07, 6.45) is 1.40. The summed E-state index contributed by atoms with van der Waals surface area (Å²) in [6.45, 7) is 0.522. The fourth-order valence-electron chi connectivity index (χ4n) is 1.63. The van der Waals surface area contributed by atoms with Crippen LogP contribution in [0, 0.1) is 11.3 Å². The summed E-state index contributed by atoms with van der Waals surface area (Å²) in [4.78, 5) is 45.8. The first kappa shape index (κ1) is 18.5. The van der Waals surface area contributed by atoms with Gasteiger partial charge in [-0.25, -0.2) is 0 Å². The maximum absolute atomic E-state index is 11.7. The van der Waals surface area contributed by atoms with Crippen LogP contribution in [0.4, 0.5) is 4.79 Å². The number of rotatable bonds is 9. The first-order valence-electron chi connectivity index (χ1n) is 6.76. The van der Waals surface area contributed by atoms with Gasteiger partial charge in [-0.05, 0) is 6.42 Å². The van der Waals surface area contributed by atoms with E-state index in [4.69, 9.17) is 10.4 Å². The van der Waals surface area contributed by atoms with Crippen LogP contribution in [-0.2, 0) is 14.4 Å². The van der Waals surface area contributed by atoms with Crippen LogP contribution in [0.1, 0.15) is 12.8 Å². The maximum Gasteiger partial charge on any atom is 0.303 e. The molecule has 0 aromatic carbocycles. The Morgan fingerprint density at radius 3 is 2.70 bits per heavy atom. The van der Waals surface area contributed by atoms with E-state index in [2.05, 4.69) is 10.6 Å². The molecule has 0 unspecified atom stereocenters. The average molecular weight is 340 g/mol. The third kappa shape index (κ3) is 6.39. The van der Waals surface area contributed by atoms with Gasteiger partial charge in [-0.3, -0.25) is 24.1 Å². The zero-order valence-electron chi connectivity index (χ0n) is 12.2. The Morgan fingerprint density at radius 2 is 2.13 bits per heavy atom. The van der Waals surface area contributed by atoms with E-state index in [0.717, 1.165) is 16.7 Å². The van der Waals surface area contributed by atoms with Gasteiger partial charge in [-0.15, -0.1) is 0 Å². The van der Waals surface area contributed by atoms with Crippen molar-refractivity contribution in [2.24, 2.45) is 0 Å². The molecule has 1 aliphatic rings. The van der Waals surface area contributed by atoms with E-state index in [1.54, 1.807) is 6.07 Å². The minimum atomic E-state index is -0.957. The number of hydrogen-bond acceptors (Lipinski definition) is 7. The van der Waals surface area contributed by atoms with Crippen molar-refractivity contribution in [3.63, 3.8) is 0 Å². The lowest BCUT2D eigenvalue weighted by Gasteiger charge is -2.12. The highest BCUT2D eigenvalue weighted by molar-refractivity contribution is 8.14. The lowest BCUT2D eigenvalue weighted by molar-refractivity contribution is -0.137. The summed E-state index contributed by atoms with van der Waals surface area (Å²) in [7, 11) is 0. The number of carboxylic acid groups (broad SMARTS) is 1. The molecule has 124 valence electrons. The molecule has 1 fully saturated rings. The molecular formula is C13H16N4O5S. The number of carbonyl (C=O) groups is 4. The predicted molar refractivity (Wildman–Crippen MR) is 81.1 cm³/mol. The fourth-order valence-corrected chi connectivity index (χ4v) is 2.38. The molecule has 3 N–H and O–H groups in total. The summed E-state index contributed by atoms with van der Waals surface area (Å²) in [5, 5.41) is 22.2. The molecule has 1 rings (SSSR count). The second-order valence-electron chi connectivity index (χ2n) is 4.48. The van der Waals surface area contributed by atoms with Crippen LogP contribution >= 0.6 is 11.8 Å². The van der Waals surface area contributed by atoms with Crippen molar-refractivity contribution in [2.75, 3.05) is 25.4 Å². The number of hydrogen-bond donors (Lipinski definition) is 3. The molecule has 0 aromatic rings. The number of thioether (sulfide) groups is 1. The van der Waals surface area contributed by atoms with E-state index >= 15 is 0 Å². The van der Waals surface area contributed by atoms with Crippen LogP contribution < -0.4 is 10.6 Å². The smallest absolute Gasteiger partial charge is 0.303 e. The van der Waals surface area contributed by atoms with Gasteiger partial charge in [0.2, 0.25) is 5.91 Å². The zero-order valence-corrected chi connectivity index (χ0v) is 13.0. The van der Waals surface area contributed by atoms with Crippen LogP contribution in [-0.4, -0.2) is 58.4 Å². The molecule has 1 saturated heterocycles. The third-order valence-corrected chi connectivity index (χ3v) is 3.64. The minimum absolute atomic E-state index is 0.0694. The number of nitrogens with zero attached hydrogens (tertiary/aromatic N) is 2. The van der Waals surface area contributed by atoms with Gasteiger partial charge < -0.3 is 15.7 Å². The zero-order chi connectivity index (χ0) is 17.2. The number of carbonyl (C=O) groups excluding carboxylic acids is 3. The standard InChI is InChI=1S/C13H16N4O5S/c14-6-9(12(21)16-3-1-2-11(19)20)7-15-4-5-17-10(18)8-23-13(17)22/h7,15H,1-5,8H2,(H,16,21)(H,19,20)/b9-7-. The van der Waals surface area contributed by atoms with Gasteiger partial charge in [-0.2, -0.15) is 5.26 Å². The Morgan fingerprint density at radius 1 is 1.39 bits per heavy atom. The van der Waals surface area contributed by atoms with Crippen molar-refractivity contribution in [3.05, 3.63) is 11.8 Å². The second kappa shape index (κ2) is 9.47. The Labute approximate surface area is 136 Å². The Hall–Kier alpha value is -2.54. The lowest BCUT2D eigenvalue weighted by Crippen LogP contribution is -2.34. The van der Waals surface area contributed by atoms with Crippen molar-refractivity contribution in [1.82, 2.24) is 15.5 Å². The summed E-state index contributed by atoms with van der Waals surface area (Å²) < 4.78 is 0. The van der Waals surface area contributed by atoms with E-state index in [1.165, 1.54) is 6.20 Å². The van der Waals surface area contributed by atoms with Crippen LogP contribution in [0.15, 0.2) is 11.8 Å². The van der Waals surface area contributed by atoms with E-state index in [9.17, 15) is 19.2 Å². The monoisotopic (exact) mass is 340 g/mol. The largest absolute Gasteiger partial charge is 0.481 e. The SMILES string of the molecule is N#C/C(=C/NCCN1C(=O)CSC1=O)C(=O)NCCCC(=O)O. The van der Waals surface area contributed by atoms with Crippen molar-refractivity contribution in [2.45, 2.75) is 12.8 Å². The number of carboxylic acids is 1. The minimum Gasteiger partial charge on any atom is -0.481 e. The van der Waals surface area contributed by atoms with Gasteiger partial charge >= 0.3 is 5.97 Å². The van der Waals surface area contributed by atoms with Gasteiger partial charge in [0.05, 0.1) is 5.75 Å². The first-order valence-corrected chi connectivity index (χ1v) is 7.75. The highest BCUT2D eigenvalue weighted by atomic mass is 32.2. The molecular weight excluding hydrogens is 324 g/mol. The molecule has 0 atom stereocenters. The van der Waals surface area contributed by atoms with Gasteiger partial charge in [0.25, 0.3) is 11.1 Å². The molecule has 0 saturated carbocycles. The van der Waals surface area contributed by atoms with Gasteiger partial charge in [-0.1, -0.05) is 11.8 Å². The van der Waals surface area contributed by atoms with Gasteiger partial charge in [0.15, 0.2) is 0 Å². The van der Waals surface area contributed by atoms with E-state index in [-0.39, 0.29) is 54.9 Å². The van der Waals surface area contributed by atoms with Crippen LogP contribution in [0.3, 0.4) is 0 Å². The first-order chi connectivity index (χ1) is 11.0. The fraction of sp³-hybridized carbons (Fsp3) is 0.462. The number of nitriles is 1. The molecule has 0 radical (unpaired) electrons. The van der Waals surface area contributed by atoms with E-state index in [1.807, 2.05) is 0 Å². The van der Waals surface area contributed by atoms with Crippen molar-refractivity contribution in [3.8, 4) is 6.07 Å². The van der Waals surface area contributed by atoms with E-state index < -0.39 is 11.9 Å². The average Bonchev–Trinajstić information content (AvgIpc) is 2.82. The summed E-state index contributed by atoms with van der Waals surface area (Å²) in [6, 6.07) is 1.72. The topological polar surface area (TPSA) is 140 Å². The molecule has 23 heavy (non-hydrogen) atoms. The van der Waals surface area contributed by atoms with E-state index in [0.29, 0.717) is 0 Å². The quantitative estimate of drug-likeness (QED) is 0.294. The Kier molecular flexibility index (Phi) is 7.62. The summed E-state index contributed by atoms with van der Waals surface area (Å²) >= 11 is 0.936. The Bertz CT molecular complexity index is 553. The molecule has 0 aliphatic carbocycles. The highest BCUT2D eigenvalue weighted by Crippen LogP contribution is 2.17. The highest BCUT2D eigenvalue weighted by Gasteiger charge is 2.28. The number of amides is 3. The third-order valence-electron chi connectivity index (χ3n) is 2.78. The normalized spacial score (nSPS) is 14.6. The summed E-state index contributed by atoms with van der Waals surface area (Å²) in [5.41, 5.74) is -0.172. The number of imide groups is 1. The molecule has 9 nitrogen and oxygen atoms in total. The molecule has 1 aliphatic heterocycles. The molecule has 3 amide bonds. The second-order valence-corrected chi connectivity index (χ2v) is 5.40. The summed E-state index contributed by atoms with van der Waals surface area (Å²) in [5.74, 6) is -1.70. The molecule has 0 spiro atoms. The van der Waals surface area contributed by atoms with Crippen LogP contribution in [0.5, 0.6) is 0 Å². The number of nitrogens with one attached hydrogen (secondary N) is 2. The molecule has 10 heteroatoms. The van der Waals surface area contributed by atoms with Crippen LogP contribution in [0.25, 0.3) is 0 Å². The maximum atomic E-state index is 11.7. The van der Waals surface area contributed by atoms with Crippen molar-refractivity contribution < 1.29 is 24.3 Å². The van der Waals surface area contributed by atoms with Gasteiger partial charge in [0.1, 0.15) is 11.6 Å². The van der Waals surface area contributed by atoms with Crippen LogP contribution in [0.2, 0.25) is 0 Å². The Balaban J connectivity index is 2.33.